The van der Waals surface area contributed by atoms with Gasteiger partial charge in [0.15, 0.2) is 18.1 Å². The highest BCUT2D eigenvalue weighted by Gasteiger charge is 2.21. The maximum absolute atomic E-state index is 12.3. The van der Waals surface area contributed by atoms with Crippen molar-refractivity contribution in [2.45, 2.75) is 13.8 Å². The van der Waals surface area contributed by atoms with E-state index in [4.69, 9.17) is 18.9 Å². The number of esters is 1. The number of nitrogens with one attached hydrogen (secondary N) is 1. The highest BCUT2D eigenvalue weighted by atomic mass is 16.6. The SMILES string of the molecule is COc1cc(C(=O)OCC(=O)Nc2cc(C)c(C)cc2[N+](=O)[O-])cc(OC)c1OC. The lowest BCUT2D eigenvalue weighted by Gasteiger charge is -2.14. The van der Waals surface area contributed by atoms with Crippen molar-refractivity contribution in [1.82, 2.24) is 0 Å². The first-order valence-corrected chi connectivity index (χ1v) is 8.74. The molecule has 1 N–H and O–H groups in total. The highest BCUT2D eigenvalue weighted by Crippen LogP contribution is 2.38. The number of hydrogen-bond acceptors (Lipinski definition) is 8. The predicted molar refractivity (Wildman–Crippen MR) is 108 cm³/mol. The minimum Gasteiger partial charge on any atom is -0.493 e. The first-order chi connectivity index (χ1) is 14.2. The highest BCUT2D eigenvalue weighted by molar-refractivity contribution is 5.97. The molecule has 30 heavy (non-hydrogen) atoms. The molecular formula is C20H22N2O8. The summed E-state index contributed by atoms with van der Waals surface area (Å²) in [5, 5.41) is 13.6. The van der Waals surface area contributed by atoms with Gasteiger partial charge in [-0.2, -0.15) is 0 Å². The van der Waals surface area contributed by atoms with E-state index in [1.807, 2.05) is 0 Å². The van der Waals surface area contributed by atoms with Crippen LogP contribution in [0.5, 0.6) is 17.2 Å². The van der Waals surface area contributed by atoms with Crippen LogP contribution in [0.15, 0.2) is 24.3 Å². The Morgan fingerprint density at radius 3 is 2.03 bits per heavy atom. The monoisotopic (exact) mass is 418 g/mol. The summed E-state index contributed by atoms with van der Waals surface area (Å²) < 4.78 is 20.6. The number of carbonyl (C=O) groups excluding carboxylic acids is 2. The van der Waals surface area contributed by atoms with Gasteiger partial charge >= 0.3 is 5.97 Å². The fraction of sp³-hybridized carbons (Fsp3) is 0.300. The molecule has 0 aromatic heterocycles. The summed E-state index contributed by atoms with van der Waals surface area (Å²) >= 11 is 0. The number of ether oxygens (including phenoxy) is 4. The average Bonchev–Trinajstić information content (AvgIpc) is 2.72. The van der Waals surface area contributed by atoms with Crippen LogP contribution >= 0.6 is 0 Å². The van der Waals surface area contributed by atoms with Crippen molar-refractivity contribution in [3.05, 3.63) is 51.1 Å². The summed E-state index contributed by atoms with van der Waals surface area (Å²) in [6.07, 6.45) is 0. The van der Waals surface area contributed by atoms with Gasteiger partial charge in [0.1, 0.15) is 5.69 Å². The molecule has 0 saturated heterocycles. The molecule has 0 spiro atoms. The molecule has 0 atom stereocenters. The minimum absolute atomic E-state index is 0.0249. The van der Waals surface area contributed by atoms with Gasteiger partial charge in [-0.05, 0) is 43.2 Å². The molecule has 0 unspecified atom stereocenters. The Balaban J connectivity index is 2.13. The third-order valence-electron chi connectivity index (χ3n) is 4.32. The molecule has 10 nitrogen and oxygen atoms in total. The average molecular weight is 418 g/mol. The van der Waals surface area contributed by atoms with Crippen molar-refractivity contribution in [2.24, 2.45) is 0 Å². The van der Waals surface area contributed by atoms with Crippen molar-refractivity contribution in [2.75, 3.05) is 33.3 Å². The van der Waals surface area contributed by atoms with Crippen molar-refractivity contribution < 1.29 is 33.5 Å². The van der Waals surface area contributed by atoms with Gasteiger partial charge in [0.25, 0.3) is 11.6 Å². The Bertz CT molecular complexity index is 962. The lowest BCUT2D eigenvalue weighted by molar-refractivity contribution is -0.384. The maximum Gasteiger partial charge on any atom is 0.338 e. The van der Waals surface area contributed by atoms with Gasteiger partial charge in [-0.1, -0.05) is 0 Å². The van der Waals surface area contributed by atoms with Crippen LogP contribution in [0.2, 0.25) is 0 Å². The number of nitro benzene ring substituents is 1. The lowest BCUT2D eigenvalue weighted by Crippen LogP contribution is -2.21. The van der Waals surface area contributed by atoms with Gasteiger partial charge in [0.2, 0.25) is 5.75 Å². The van der Waals surface area contributed by atoms with Crippen molar-refractivity contribution in [1.29, 1.82) is 0 Å². The van der Waals surface area contributed by atoms with Crippen LogP contribution in [0, 0.1) is 24.0 Å². The summed E-state index contributed by atoms with van der Waals surface area (Å²) in [5.74, 6) is -0.726. The molecule has 0 fully saturated rings. The third kappa shape index (κ3) is 4.96. The summed E-state index contributed by atoms with van der Waals surface area (Å²) in [6.45, 7) is 2.85. The van der Waals surface area contributed by atoms with Gasteiger partial charge in [0, 0.05) is 6.07 Å². The zero-order chi connectivity index (χ0) is 22.4. The van der Waals surface area contributed by atoms with Crippen LogP contribution in [-0.2, 0) is 9.53 Å². The molecule has 0 aliphatic rings. The van der Waals surface area contributed by atoms with E-state index in [-0.39, 0.29) is 28.4 Å². The molecule has 0 bridgehead atoms. The number of nitro groups is 1. The molecule has 0 aliphatic carbocycles. The zero-order valence-corrected chi connectivity index (χ0v) is 17.2. The van der Waals surface area contributed by atoms with E-state index in [2.05, 4.69) is 5.32 Å². The zero-order valence-electron chi connectivity index (χ0n) is 17.2. The molecular weight excluding hydrogens is 396 g/mol. The van der Waals surface area contributed by atoms with Crippen LogP contribution in [0.4, 0.5) is 11.4 Å². The molecule has 0 radical (unpaired) electrons. The van der Waals surface area contributed by atoms with E-state index in [1.165, 1.54) is 45.6 Å². The number of aryl methyl sites for hydroxylation is 2. The fourth-order valence-electron chi connectivity index (χ4n) is 2.65. The molecule has 1 amide bonds. The Hall–Kier alpha value is -3.82. The number of rotatable bonds is 8. The number of amides is 1. The Morgan fingerprint density at radius 1 is 0.967 bits per heavy atom. The number of benzene rings is 2. The second kappa shape index (κ2) is 9.59. The number of hydrogen-bond donors (Lipinski definition) is 1. The summed E-state index contributed by atoms with van der Waals surface area (Å²) in [6, 6.07) is 5.63. The van der Waals surface area contributed by atoms with Gasteiger partial charge < -0.3 is 24.3 Å². The first kappa shape index (κ1) is 22.5. The van der Waals surface area contributed by atoms with Crippen LogP contribution < -0.4 is 19.5 Å². The molecule has 2 aromatic carbocycles. The van der Waals surface area contributed by atoms with Gasteiger partial charge in [0.05, 0.1) is 31.8 Å². The van der Waals surface area contributed by atoms with Gasteiger partial charge in [-0.25, -0.2) is 4.79 Å². The van der Waals surface area contributed by atoms with Crippen molar-refractivity contribution in [3.63, 3.8) is 0 Å². The Labute approximate surface area is 172 Å². The van der Waals surface area contributed by atoms with Gasteiger partial charge in [-0.3, -0.25) is 14.9 Å². The van der Waals surface area contributed by atoms with Gasteiger partial charge in [-0.15, -0.1) is 0 Å². The number of carbonyl (C=O) groups is 2. The van der Waals surface area contributed by atoms with E-state index in [0.717, 1.165) is 5.56 Å². The third-order valence-corrected chi connectivity index (χ3v) is 4.32. The molecule has 160 valence electrons. The van der Waals surface area contributed by atoms with E-state index in [1.54, 1.807) is 13.8 Å². The first-order valence-electron chi connectivity index (χ1n) is 8.74. The smallest absolute Gasteiger partial charge is 0.338 e. The summed E-state index contributed by atoms with van der Waals surface area (Å²) in [4.78, 5) is 35.2. The quantitative estimate of drug-likeness (QED) is 0.394. The lowest BCUT2D eigenvalue weighted by atomic mass is 10.1. The predicted octanol–water partition coefficient (Wildman–Crippen LogP) is 3.03. The number of methoxy groups -OCH3 is 3. The van der Waals surface area contributed by atoms with Crippen LogP contribution in [0.1, 0.15) is 21.5 Å². The number of anilines is 1. The van der Waals surface area contributed by atoms with Crippen LogP contribution in [-0.4, -0.2) is 44.7 Å². The van der Waals surface area contributed by atoms with Crippen LogP contribution in [0.25, 0.3) is 0 Å². The largest absolute Gasteiger partial charge is 0.493 e. The molecule has 2 rings (SSSR count). The summed E-state index contributed by atoms with van der Waals surface area (Å²) in [7, 11) is 4.22. The molecule has 10 heteroatoms. The standard InChI is InChI=1S/C20H22N2O8/c1-11-6-14(15(22(25)26)7-12(11)2)21-18(23)10-30-20(24)13-8-16(27-3)19(29-5)17(9-13)28-4/h6-9H,10H2,1-5H3,(H,21,23). The molecule has 0 saturated carbocycles. The number of nitrogens with zero attached hydrogens (tertiary/aromatic N) is 1. The second-order valence-corrected chi connectivity index (χ2v) is 6.25. The topological polar surface area (TPSA) is 126 Å². The minimum atomic E-state index is -0.806. The van der Waals surface area contributed by atoms with Crippen LogP contribution in [0.3, 0.4) is 0 Å². The maximum atomic E-state index is 12.3. The second-order valence-electron chi connectivity index (χ2n) is 6.25. The fourth-order valence-corrected chi connectivity index (χ4v) is 2.65. The van der Waals surface area contributed by atoms with E-state index in [0.29, 0.717) is 11.3 Å². The van der Waals surface area contributed by atoms with Crippen molar-refractivity contribution in [3.8, 4) is 17.2 Å². The van der Waals surface area contributed by atoms with E-state index >= 15 is 0 Å². The molecule has 0 heterocycles. The molecule has 2 aromatic rings. The van der Waals surface area contributed by atoms with E-state index in [9.17, 15) is 19.7 Å². The summed E-state index contributed by atoms with van der Waals surface area (Å²) in [5.41, 5.74) is 1.34. The Morgan fingerprint density at radius 2 is 1.53 bits per heavy atom. The molecule has 0 aliphatic heterocycles. The normalized spacial score (nSPS) is 10.2. The Kier molecular flexibility index (Phi) is 7.18. The van der Waals surface area contributed by atoms with Crippen molar-refractivity contribution >= 4 is 23.3 Å². The van der Waals surface area contributed by atoms with E-state index < -0.39 is 23.4 Å².